The summed E-state index contributed by atoms with van der Waals surface area (Å²) in [4.78, 5) is 0. The molecular formula is C26H22Cl2N2O3. The Bertz CT molecular complexity index is 1210. The molecule has 2 aliphatic heterocycles. The van der Waals surface area contributed by atoms with Gasteiger partial charge in [0.2, 0.25) is 6.23 Å². The van der Waals surface area contributed by atoms with Crippen molar-refractivity contribution < 1.29 is 14.2 Å². The van der Waals surface area contributed by atoms with E-state index >= 15 is 0 Å². The van der Waals surface area contributed by atoms with Crippen LogP contribution in [-0.4, -0.2) is 24.4 Å². The Morgan fingerprint density at radius 2 is 1.82 bits per heavy atom. The van der Waals surface area contributed by atoms with Gasteiger partial charge < -0.3 is 14.2 Å². The van der Waals surface area contributed by atoms with E-state index in [1.54, 1.807) is 19.3 Å². The van der Waals surface area contributed by atoms with Crippen molar-refractivity contribution in [1.29, 1.82) is 0 Å². The Balaban J connectivity index is 1.54. The van der Waals surface area contributed by atoms with Crippen LogP contribution in [0.1, 0.15) is 35.4 Å². The SMILES string of the molecule is C=CCOc1ccc(C2Oc3c(Cl)cc(Cl)cc3C3CC(c4ccc(OC)cc4)=NN32)cc1. The van der Waals surface area contributed by atoms with Gasteiger partial charge in [-0.1, -0.05) is 35.9 Å². The number of hydrogen-bond donors (Lipinski definition) is 0. The second kappa shape index (κ2) is 9.00. The molecule has 2 heterocycles. The maximum Gasteiger partial charge on any atom is 0.213 e. The van der Waals surface area contributed by atoms with E-state index < -0.39 is 6.23 Å². The van der Waals surface area contributed by atoms with Crippen LogP contribution in [0.2, 0.25) is 10.0 Å². The Morgan fingerprint density at radius 1 is 1.09 bits per heavy atom. The van der Waals surface area contributed by atoms with Crippen LogP contribution in [0.4, 0.5) is 0 Å². The first kappa shape index (κ1) is 21.7. The van der Waals surface area contributed by atoms with E-state index in [1.807, 2.05) is 59.6 Å². The maximum atomic E-state index is 6.55. The van der Waals surface area contributed by atoms with Crippen LogP contribution in [-0.2, 0) is 0 Å². The molecule has 7 heteroatoms. The van der Waals surface area contributed by atoms with E-state index in [0.29, 0.717) is 28.8 Å². The van der Waals surface area contributed by atoms with E-state index in [2.05, 4.69) is 6.58 Å². The number of hydrogen-bond acceptors (Lipinski definition) is 5. The number of halogens is 2. The molecule has 0 aromatic heterocycles. The highest BCUT2D eigenvalue weighted by atomic mass is 35.5. The minimum Gasteiger partial charge on any atom is -0.497 e. The first-order chi connectivity index (χ1) is 16.1. The predicted molar refractivity (Wildman–Crippen MR) is 131 cm³/mol. The van der Waals surface area contributed by atoms with Gasteiger partial charge in [-0.2, -0.15) is 5.10 Å². The molecule has 0 aliphatic carbocycles. The molecule has 0 N–H and O–H groups in total. The standard InChI is InChI=1S/C26H22Cl2N2O3/c1-3-12-32-20-10-6-17(7-11-20)26-30-24(21-13-18(27)14-22(28)25(21)33-26)15-23(29-30)16-4-8-19(31-2)9-5-16/h3-11,13-14,24,26H,1,12,15H2,2H3. The van der Waals surface area contributed by atoms with Gasteiger partial charge in [-0.05, 0) is 66.2 Å². The van der Waals surface area contributed by atoms with Crippen LogP contribution in [0, 0.1) is 0 Å². The van der Waals surface area contributed by atoms with Crippen LogP contribution >= 0.6 is 23.2 Å². The molecule has 0 radical (unpaired) electrons. The summed E-state index contributed by atoms with van der Waals surface area (Å²) in [5.74, 6) is 2.21. The molecule has 0 bridgehead atoms. The third-order valence-electron chi connectivity index (χ3n) is 5.76. The van der Waals surface area contributed by atoms with E-state index in [-0.39, 0.29) is 6.04 Å². The van der Waals surface area contributed by atoms with E-state index in [0.717, 1.165) is 33.9 Å². The van der Waals surface area contributed by atoms with Gasteiger partial charge in [-0.15, -0.1) is 0 Å². The number of hydrazone groups is 1. The zero-order chi connectivity index (χ0) is 22.9. The molecule has 2 atom stereocenters. The van der Waals surface area contributed by atoms with Gasteiger partial charge in [0, 0.05) is 22.6 Å². The molecule has 2 unspecified atom stereocenters. The lowest BCUT2D eigenvalue weighted by molar-refractivity contribution is -0.0189. The van der Waals surface area contributed by atoms with Crippen LogP contribution < -0.4 is 14.2 Å². The van der Waals surface area contributed by atoms with E-state index in [9.17, 15) is 0 Å². The van der Waals surface area contributed by atoms with Crippen molar-refractivity contribution in [2.24, 2.45) is 5.10 Å². The zero-order valence-electron chi connectivity index (χ0n) is 18.0. The molecule has 0 saturated heterocycles. The van der Waals surface area contributed by atoms with Gasteiger partial charge in [0.05, 0.1) is 23.9 Å². The van der Waals surface area contributed by atoms with Crippen molar-refractivity contribution in [2.45, 2.75) is 18.7 Å². The quantitative estimate of drug-likeness (QED) is 0.363. The predicted octanol–water partition coefficient (Wildman–Crippen LogP) is 6.81. The smallest absolute Gasteiger partial charge is 0.213 e. The molecule has 2 aliphatic rings. The second-order valence-electron chi connectivity index (χ2n) is 7.82. The molecular weight excluding hydrogens is 459 g/mol. The molecule has 0 saturated carbocycles. The minimum atomic E-state index is -0.439. The molecule has 0 spiro atoms. The average Bonchev–Trinajstić information content (AvgIpc) is 3.29. The van der Waals surface area contributed by atoms with Crippen molar-refractivity contribution in [3.8, 4) is 17.2 Å². The van der Waals surface area contributed by atoms with E-state index in [1.165, 1.54) is 0 Å². The van der Waals surface area contributed by atoms with Crippen LogP contribution in [0.5, 0.6) is 17.2 Å². The van der Waals surface area contributed by atoms with Gasteiger partial charge >= 0.3 is 0 Å². The fourth-order valence-corrected chi connectivity index (χ4v) is 4.73. The first-order valence-corrected chi connectivity index (χ1v) is 11.3. The topological polar surface area (TPSA) is 43.3 Å². The number of nitrogens with zero attached hydrogens (tertiary/aromatic N) is 2. The summed E-state index contributed by atoms with van der Waals surface area (Å²) in [5.41, 5.74) is 3.88. The monoisotopic (exact) mass is 480 g/mol. The van der Waals surface area contributed by atoms with Crippen molar-refractivity contribution in [3.05, 3.63) is 100 Å². The summed E-state index contributed by atoms with van der Waals surface area (Å²) < 4.78 is 17.3. The molecule has 0 fully saturated rings. The van der Waals surface area contributed by atoms with Gasteiger partial charge in [-0.25, -0.2) is 5.01 Å². The third kappa shape index (κ3) is 4.14. The number of ether oxygens (including phenoxy) is 3. The Kier molecular flexibility index (Phi) is 5.92. The van der Waals surface area contributed by atoms with Crippen molar-refractivity contribution in [1.82, 2.24) is 5.01 Å². The van der Waals surface area contributed by atoms with Gasteiger partial charge in [-0.3, -0.25) is 0 Å². The van der Waals surface area contributed by atoms with Gasteiger partial charge in [0.15, 0.2) is 0 Å². The molecule has 5 nitrogen and oxygen atoms in total. The third-order valence-corrected chi connectivity index (χ3v) is 6.26. The largest absolute Gasteiger partial charge is 0.497 e. The van der Waals surface area contributed by atoms with Gasteiger partial charge in [0.1, 0.15) is 23.9 Å². The molecule has 3 aromatic carbocycles. The highest BCUT2D eigenvalue weighted by Crippen LogP contribution is 2.50. The average molecular weight is 481 g/mol. The normalized spacial score (nSPS) is 18.6. The maximum absolute atomic E-state index is 6.55. The van der Waals surface area contributed by atoms with Crippen LogP contribution in [0.15, 0.2) is 78.4 Å². The van der Waals surface area contributed by atoms with Crippen molar-refractivity contribution >= 4 is 28.9 Å². The van der Waals surface area contributed by atoms with Crippen molar-refractivity contribution in [3.63, 3.8) is 0 Å². The summed E-state index contributed by atoms with van der Waals surface area (Å²) in [5, 5.41) is 8.03. The summed E-state index contributed by atoms with van der Waals surface area (Å²) >= 11 is 12.9. The lowest BCUT2D eigenvalue weighted by Gasteiger charge is -2.38. The number of rotatable bonds is 6. The minimum absolute atomic E-state index is 0.0521. The highest BCUT2D eigenvalue weighted by molar-refractivity contribution is 6.35. The summed E-state index contributed by atoms with van der Waals surface area (Å²) in [6.45, 7) is 4.14. The summed E-state index contributed by atoms with van der Waals surface area (Å²) in [6.07, 6.45) is 1.98. The van der Waals surface area contributed by atoms with Crippen molar-refractivity contribution in [2.75, 3.05) is 13.7 Å². The summed E-state index contributed by atoms with van der Waals surface area (Å²) in [7, 11) is 1.66. The van der Waals surface area contributed by atoms with Gasteiger partial charge in [0.25, 0.3) is 0 Å². The zero-order valence-corrected chi connectivity index (χ0v) is 19.5. The molecule has 5 rings (SSSR count). The Hall–Kier alpha value is -3.15. The lowest BCUT2D eigenvalue weighted by Crippen LogP contribution is -2.33. The van der Waals surface area contributed by atoms with Crippen LogP contribution in [0.25, 0.3) is 0 Å². The Labute approximate surface area is 202 Å². The van der Waals surface area contributed by atoms with E-state index in [4.69, 9.17) is 42.5 Å². The summed E-state index contributed by atoms with van der Waals surface area (Å²) in [6, 6.07) is 19.3. The highest BCUT2D eigenvalue weighted by Gasteiger charge is 2.42. The number of fused-ring (bicyclic) bond motifs is 3. The second-order valence-corrected chi connectivity index (χ2v) is 8.66. The molecule has 0 amide bonds. The number of benzene rings is 3. The molecule has 3 aromatic rings. The van der Waals surface area contributed by atoms with Crippen LogP contribution in [0.3, 0.4) is 0 Å². The first-order valence-electron chi connectivity index (χ1n) is 10.6. The molecule has 33 heavy (non-hydrogen) atoms. The molecule has 168 valence electrons. The lowest BCUT2D eigenvalue weighted by atomic mass is 9.96. The number of methoxy groups -OCH3 is 1. The Morgan fingerprint density at radius 3 is 2.52 bits per heavy atom. The fraction of sp³-hybridized carbons (Fsp3) is 0.192. The fourth-order valence-electron chi connectivity index (χ4n) is 4.18.